The lowest BCUT2D eigenvalue weighted by Crippen LogP contribution is -2.05. The normalized spacial score (nSPS) is 12.0. The maximum Gasteiger partial charge on any atom is 0.273 e. The third kappa shape index (κ3) is 3.35. The summed E-state index contributed by atoms with van der Waals surface area (Å²) in [5.74, 6) is -0.310. The van der Waals surface area contributed by atoms with Crippen molar-refractivity contribution in [3.63, 3.8) is 0 Å². The molecule has 0 aliphatic carbocycles. The Morgan fingerprint density at radius 3 is 2.52 bits per heavy atom. The first-order valence-corrected chi connectivity index (χ1v) is 6.36. The van der Waals surface area contributed by atoms with Crippen LogP contribution in [-0.4, -0.2) is 4.92 Å². The Hall–Kier alpha value is -2.47. The molecule has 0 fully saturated rings. The Labute approximate surface area is 121 Å². The van der Waals surface area contributed by atoms with Crippen LogP contribution in [0.25, 0.3) is 0 Å². The van der Waals surface area contributed by atoms with Gasteiger partial charge in [0, 0.05) is 12.1 Å². The number of rotatable bonds is 4. The van der Waals surface area contributed by atoms with E-state index in [9.17, 15) is 14.5 Å². The van der Waals surface area contributed by atoms with Crippen molar-refractivity contribution >= 4 is 5.69 Å². The summed E-state index contributed by atoms with van der Waals surface area (Å²) >= 11 is 0. The molecule has 0 aliphatic rings. The molecule has 1 atom stereocenters. The molecule has 5 nitrogen and oxygen atoms in total. The van der Waals surface area contributed by atoms with Crippen LogP contribution in [-0.2, 0) is 0 Å². The molecule has 21 heavy (non-hydrogen) atoms. The topological polar surface area (TPSA) is 78.4 Å². The van der Waals surface area contributed by atoms with E-state index in [1.165, 1.54) is 24.3 Å². The Kier molecular flexibility index (Phi) is 4.18. The van der Waals surface area contributed by atoms with Crippen molar-refractivity contribution in [2.24, 2.45) is 5.73 Å². The lowest BCUT2D eigenvalue weighted by atomic mass is 10.1. The SMILES string of the molecule is Cc1ccc([N+](=O)[O-])cc1Oc1ccc(C(C)N)cc1F. The van der Waals surface area contributed by atoms with E-state index in [1.54, 1.807) is 26.0 Å². The van der Waals surface area contributed by atoms with E-state index in [2.05, 4.69) is 0 Å². The minimum Gasteiger partial charge on any atom is -0.454 e. The highest BCUT2D eigenvalue weighted by Gasteiger charge is 2.13. The summed E-state index contributed by atoms with van der Waals surface area (Å²) in [5, 5.41) is 10.8. The van der Waals surface area contributed by atoms with E-state index in [-0.39, 0.29) is 23.2 Å². The molecule has 0 heterocycles. The maximum atomic E-state index is 14.0. The van der Waals surface area contributed by atoms with Crippen molar-refractivity contribution in [1.82, 2.24) is 0 Å². The van der Waals surface area contributed by atoms with Gasteiger partial charge in [-0.1, -0.05) is 6.07 Å². The molecule has 0 bridgehead atoms. The summed E-state index contributed by atoms with van der Waals surface area (Å²) in [6, 6.07) is 8.34. The van der Waals surface area contributed by atoms with E-state index < -0.39 is 10.7 Å². The van der Waals surface area contributed by atoms with Crippen molar-refractivity contribution < 1.29 is 14.1 Å². The van der Waals surface area contributed by atoms with Gasteiger partial charge in [0.25, 0.3) is 5.69 Å². The van der Waals surface area contributed by atoms with Crippen LogP contribution in [0.5, 0.6) is 11.5 Å². The van der Waals surface area contributed by atoms with Crippen LogP contribution in [0, 0.1) is 22.9 Å². The number of hydrogen-bond donors (Lipinski definition) is 1. The first-order chi connectivity index (χ1) is 9.88. The number of nitrogens with zero attached hydrogens (tertiary/aromatic N) is 1. The fourth-order valence-corrected chi connectivity index (χ4v) is 1.81. The highest BCUT2D eigenvalue weighted by Crippen LogP contribution is 2.31. The molecule has 2 rings (SSSR count). The van der Waals surface area contributed by atoms with Gasteiger partial charge < -0.3 is 10.5 Å². The van der Waals surface area contributed by atoms with Crippen LogP contribution >= 0.6 is 0 Å². The van der Waals surface area contributed by atoms with Gasteiger partial charge in [0.2, 0.25) is 0 Å². The smallest absolute Gasteiger partial charge is 0.273 e. The number of ether oxygens (including phenoxy) is 1. The van der Waals surface area contributed by atoms with Crippen molar-refractivity contribution in [2.75, 3.05) is 0 Å². The number of halogens is 1. The average Bonchev–Trinajstić information content (AvgIpc) is 2.42. The number of nitro groups is 1. The average molecular weight is 290 g/mol. The second-order valence-electron chi connectivity index (χ2n) is 4.79. The summed E-state index contributed by atoms with van der Waals surface area (Å²) < 4.78 is 19.4. The number of nitro benzene ring substituents is 1. The predicted octanol–water partition coefficient (Wildman–Crippen LogP) is 3.85. The lowest BCUT2D eigenvalue weighted by molar-refractivity contribution is -0.384. The van der Waals surface area contributed by atoms with Crippen LogP contribution < -0.4 is 10.5 Å². The van der Waals surface area contributed by atoms with Crippen molar-refractivity contribution in [1.29, 1.82) is 0 Å². The number of aryl methyl sites for hydroxylation is 1. The molecule has 2 N–H and O–H groups in total. The Morgan fingerprint density at radius 1 is 1.24 bits per heavy atom. The molecule has 0 saturated heterocycles. The number of hydrogen-bond acceptors (Lipinski definition) is 4. The van der Waals surface area contributed by atoms with Gasteiger partial charge in [0.15, 0.2) is 11.6 Å². The molecule has 0 aliphatic heterocycles. The minimum atomic E-state index is -0.560. The van der Waals surface area contributed by atoms with E-state index in [1.807, 2.05) is 0 Å². The molecule has 110 valence electrons. The molecule has 2 aromatic carbocycles. The summed E-state index contributed by atoms with van der Waals surface area (Å²) in [5.41, 5.74) is 6.90. The standard InChI is InChI=1S/C15H15FN2O3/c1-9-3-5-12(18(19)20)8-15(9)21-14-6-4-11(10(2)17)7-13(14)16/h3-8,10H,17H2,1-2H3. The van der Waals surface area contributed by atoms with E-state index in [0.29, 0.717) is 11.1 Å². The fraction of sp³-hybridized carbons (Fsp3) is 0.200. The first-order valence-electron chi connectivity index (χ1n) is 6.36. The molecule has 0 saturated carbocycles. The largest absolute Gasteiger partial charge is 0.454 e. The second kappa shape index (κ2) is 5.88. The quantitative estimate of drug-likeness (QED) is 0.685. The maximum absolute atomic E-state index is 14.0. The highest BCUT2D eigenvalue weighted by atomic mass is 19.1. The molecule has 1 unspecified atom stereocenters. The zero-order valence-electron chi connectivity index (χ0n) is 11.7. The molecule has 2 aromatic rings. The van der Waals surface area contributed by atoms with E-state index >= 15 is 0 Å². The van der Waals surface area contributed by atoms with Crippen LogP contribution in [0.3, 0.4) is 0 Å². The van der Waals surface area contributed by atoms with E-state index in [4.69, 9.17) is 10.5 Å². The van der Waals surface area contributed by atoms with Gasteiger partial charge in [-0.15, -0.1) is 0 Å². The van der Waals surface area contributed by atoms with Gasteiger partial charge in [-0.25, -0.2) is 4.39 Å². The van der Waals surface area contributed by atoms with Crippen molar-refractivity contribution in [3.05, 3.63) is 63.5 Å². The predicted molar refractivity (Wildman–Crippen MR) is 76.9 cm³/mol. The third-order valence-corrected chi connectivity index (χ3v) is 3.08. The molecule has 6 heteroatoms. The summed E-state index contributed by atoms with van der Waals surface area (Å²) in [6.45, 7) is 3.48. The summed E-state index contributed by atoms with van der Waals surface area (Å²) in [7, 11) is 0. The molecule has 0 aromatic heterocycles. The number of benzene rings is 2. The van der Waals surface area contributed by atoms with Gasteiger partial charge in [-0.05, 0) is 43.2 Å². The molecular weight excluding hydrogens is 275 g/mol. The van der Waals surface area contributed by atoms with Crippen LogP contribution in [0.2, 0.25) is 0 Å². The van der Waals surface area contributed by atoms with Crippen molar-refractivity contribution in [2.45, 2.75) is 19.9 Å². The second-order valence-corrected chi connectivity index (χ2v) is 4.79. The Balaban J connectivity index is 2.34. The van der Waals surface area contributed by atoms with Gasteiger partial charge in [0.1, 0.15) is 5.75 Å². The van der Waals surface area contributed by atoms with Crippen LogP contribution in [0.15, 0.2) is 36.4 Å². The van der Waals surface area contributed by atoms with Gasteiger partial charge >= 0.3 is 0 Å². The van der Waals surface area contributed by atoms with Gasteiger partial charge in [-0.2, -0.15) is 0 Å². The first kappa shape index (κ1) is 14.9. The fourth-order valence-electron chi connectivity index (χ4n) is 1.81. The lowest BCUT2D eigenvalue weighted by Gasteiger charge is -2.11. The number of non-ortho nitro benzene ring substituents is 1. The molecular formula is C15H15FN2O3. The zero-order chi connectivity index (χ0) is 15.6. The number of nitrogens with two attached hydrogens (primary N) is 1. The van der Waals surface area contributed by atoms with Crippen LogP contribution in [0.1, 0.15) is 24.1 Å². The Morgan fingerprint density at radius 2 is 1.95 bits per heavy atom. The molecule has 0 amide bonds. The van der Waals surface area contributed by atoms with Gasteiger partial charge in [0.05, 0.1) is 11.0 Å². The monoisotopic (exact) mass is 290 g/mol. The highest BCUT2D eigenvalue weighted by molar-refractivity contribution is 5.46. The third-order valence-electron chi connectivity index (χ3n) is 3.08. The Bertz CT molecular complexity index is 687. The molecule has 0 spiro atoms. The summed E-state index contributed by atoms with van der Waals surface area (Å²) in [6.07, 6.45) is 0. The summed E-state index contributed by atoms with van der Waals surface area (Å²) in [4.78, 5) is 10.2. The van der Waals surface area contributed by atoms with E-state index in [0.717, 1.165) is 0 Å². The zero-order valence-corrected chi connectivity index (χ0v) is 11.7. The minimum absolute atomic E-state index is 0.00278. The van der Waals surface area contributed by atoms with Crippen molar-refractivity contribution in [3.8, 4) is 11.5 Å². The van der Waals surface area contributed by atoms with Gasteiger partial charge in [-0.3, -0.25) is 10.1 Å². The molecule has 0 radical (unpaired) electrons. The van der Waals surface area contributed by atoms with Crippen LogP contribution in [0.4, 0.5) is 10.1 Å².